The molecule has 3 N–H and O–H groups in total. The number of rotatable bonds is 7. The zero-order valence-corrected chi connectivity index (χ0v) is 13.0. The summed E-state index contributed by atoms with van der Waals surface area (Å²) in [5.41, 5.74) is 9.83. The van der Waals surface area contributed by atoms with E-state index in [-0.39, 0.29) is 0 Å². The third kappa shape index (κ3) is 3.99. The predicted molar refractivity (Wildman–Crippen MR) is 95.4 cm³/mol. The van der Waals surface area contributed by atoms with E-state index in [4.69, 9.17) is 10.5 Å². The minimum Gasteiger partial charge on any atom is -0.396 e. The number of para-hydroxylation sites is 1. The second-order valence-corrected chi connectivity index (χ2v) is 5.42. The maximum absolute atomic E-state index is 6.05. The first-order valence-corrected chi connectivity index (χ1v) is 7.83. The van der Waals surface area contributed by atoms with Crippen molar-refractivity contribution in [2.45, 2.75) is 13.0 Å². The van der Waals surface area contributed by atoms with Gasteiger partial charge in [-0.15, -0.1) is 0 Å². The number of nitrogen functional groups attached to an aromatic ring is 1. The Morgan fingerprint density at radius 2 is 1.78 bits per heavy atom. The Bertz CT molecular complexity index is 759. The molecule has 23 heavy (non-hydrogen) atoms. The molecular weight excluding hydrogens is 286 g/mol. The van der Waals surface area contributed by atoms with Crippen molar-refractivity contribution in [3.8, 4) is 0 Å². The quantitative estimate of drug-likeness (QED) is 0.651. The summed E-state index contributed by atoms with van der Waals surface area (Å²) < 4.78 is 5.69. The first-order valence-electron chi connectivity index (χ1n) is 7.83. The van der Waals surface area contributed by atoms with Crippen LogP contribution in [0.5, 0.6) is 0 Å². The van der Waals surface area contributed by atoms with Crippen LogP contribution in [0.15, 0.2) is 60.8 Å². The number of hydrogen-bond acceptors (Lipinski definition) is 4. The third-order valence-electron chi connectivity index (χ3n) is 3.68. The van der Waals surface area contributed by atoms with Crippen LogP contribution in [-0.4, -0.2) is 18.1 Å². The second-order valence-electron chi connectivity index (χ2n) is 5.42. The van der Waals surface area contributed by atoms with Gasteiger partial charge in [0.1, 0.15) is 0 Å². The molecule has 2 aromatic carbocycles. The fourth-order valence-electron chi connectivity index (χ4n) is 2.51. The molecule has 0 amide bonds. The number of nitrogens with one attached hydrogen (secondary N) is 1. The highest BCUT2D eigenvalue weighted by molar-refractivity contribution is 5.96. The molecule has 0 aliphatic carbocycles. The summed E-state index contributed by atoms with van der Waals surface area (Å²) >= 11 is 0. The van der Waals surface area contributed by atoms with Crippen LogP contribution in [0.2, 0.25) is 0 Å². The number of ether oxygens (including phenoxy) is 1. The number of nitrogens with two attached hydrogens (primary N) is 1. The number of benzene rings is 2. The molecule has 0 saturated carbocycles. The first kappa shape index (κ1) is 15.3. The van der Waals surface area contributed by atoms with E-state index < -0.39 is 0 Å². The van der Waals surface area contributed by atoms with E-state index in [1.54, 1.807) is 6.20 Å². The van der Waals surface area contributed by atoms with Crippen molar-refractivity contribution >= 4 is 22.3 Å². The Morgan fingerprint density at radius 3 is 2.65 bits per heavy atom. The van der Waals surface area contributed by atoms with E-state index in [9.17, 15) is 0 Å². The highest BCUT2D eigenvalue weighted by Crippen LogP contribution is 2.27. The maximum Gasteiger partial charge on any atom is 0.0743 e. The molecule has 0 radical (unpaired) electrons. The smallest absolute Gasteiger partial charge is 0.0743 e. The van der Waals surface area contributed by atoms with Gasteiger partial charge in [0.15, 0.2) is 0 Å². The van der Waals surface area contributed by atoms with Crippen LogP contribution in [0, 0.1) is 0 Å². The van der Waals surface area contributed by atoms with Gasteiger partial charge < -0.3 is 15.8 Å². The van der Waals surface area contributed by atoms with Crippen LogP contribution >= 0.6 is 0 Å². The molecule has 1 heterocycles. The number of hydrogen-bond donors (Lipinski definition) is 2. The van der Waals surface area contributed by atoms with Gasteiger partial charge in [0.25, 0.3) is 0 Å². The zero-order valence-electron chi connectivity index (χ0n) is 13.0. The highest BCUT2D eigenvalue weighted by atomic mass is 16.5. The van der Waals surface area contributed by atoms with Crippen molar-refractivity contribution in [3.63, 3.8) is 0 Å². The van der Waals surface area contributed by atoms with Crippen LogP contribution in [0.25, 0.3) is 10.9 Å². The standard InChI is InChI=1S/C19H21N3O/c20-17-13-22-18-10-5-4-9-16(18)19(17)21-11-6-12-23-14-15-7-2-1-3-8-15/h1-5,7-10,13H,6,11-12,14,20H2,(H,21,22). The highest BCUT2D eigenvalue weighted by Gasteiger charge is 2.05. The van der Waals surface area contributed by atoms with Crippen LogP contribution in [0.1, 0.15) is 12.0 Å². The van der Waals surface area contributed by atoms with Gasteiger partial charge in [0, 0.05) is 18.5 Å². The van der Waals surface area contributed by atoms with E-state index in [1.807, 2.05) is 42.5 Å². The Morgan fingerprint density at radius 1 is 1.00 bits per heavy atom. The molecule has 0 aliphatic heterocycles. The summed E-state index contributed by atoms with van der Waals surface area (Å²) in [7, 11) is 0. The van der Waals surface area contributed by atoms with Crippen LogP contribution in [0.3, 0.4) is 0 Å². The van der Waals surface area contributed by atoms with Gasteiger partial charge in [-0.25, -0.2) is 0 Å². The summed E-state index contributed by atoms with van der Waals surface area (Å²) in [6.45, 7) is 2.18. The van der Waals surface area contributed by atoms with Crippen LogP contribution in [-0.2, 0) is 11.3 Å². The van der Waals surface area contributed by atoms with E-state index in [0.717, 1.165) is 29.6 Å². The number of fused-ring (bicyclic) bond motifs is 1. The molecule has 0 saturated heterocycles. The lowest BCUT2D eigenvalue weighted by molar-refractivity contribution is 0.120. The zero-order chi connectivity index (χ0) is 15.9. The number of anilines is 2. The molecule has 0 spiro atoms. The van der Waals surface area contributed by atoms with E-state index in [0.29, 0.717) is 18.9 Å². The van der Waals surface area contributed by atoms with E-state index in [1.165, 1.54) is 5.56 Å². The topological polar surface area (TPSA) is 60.2 Å². The average molecular weight is 307 g/mol. The Kier molecular flexibility index (Phi) is 5.06. The van der Waals surface area contributed by atoms with Crippen molar-refractivity contribution in [2.75, 3.05) is 24.2 Å². The predicted octanol–water partition coefficient (Wildman–Crippen LogP) is 3.84. The SMILES string of the molecule is Nc1cnc2ccccc2c1NCCCOCc1ccccc1. The van der Waals surface area contributed by atoms with Crippen molar-refractivity contribution in [2.24, 2.45) is 0 Å². The summed E-state index contributed by atoms with van der Waals surface area (Å²) in [6.07, 6.45) is 2.62. The summed E-state index contributed by atoms with van der Waals surface area (Å²) in [5, 5.41) is 4.46. The minimum absolute atomic E-state index is 0.654. The van der Waals surface area contributed by atoms with E-state index >= 15 is 0 Å². The van der Waals surface area contributed by atoms with Crippen molar-refractivity contribution in [1.29, 1.82) is 0 Å². The molecule has 4 heteroatoms. The fraction of sp³-hybridized carbons (Fsp3) is 0.211. The second kappa shape index (κ2) is 7.61. The van der Waals surface area contributed by atoms with Crippen molar-refractivity contribution in [3.05, 3.63) is 66.4 Å². The van der Waals surface area contributed by atoms with E-state index in [2.05, 4.69) is 22.4 Å². The molecule has 0 bridgehead atoms. The lowest BCUT2D eigenvalue weighted by Crippen LogP contribution is -2.08. The lowest BCUT2D eigenvalue weighted by atomic mass is 10.1. The summed E-state index contributed by atoms with van der Waals surface area (Å²) in [5.74, 6) is 0. The van der Waals surface area contributed by atoms with Crippen LogP contribution in [0.4, 0.5) is 11.4 Å². The summed E-state index contributed by atoms with van der Waals surface area (Å²) in [6, 6.07) is 18.2. The van der Waals surface area contributed by atoms with Gasteiger partial charge in [-0.1, -0.05) is 48.5 Å². The molecular formula is C19H21N3O. The number of aromatic nitrogens is 1. The van der Waals surface area contributed by atoms with Gasteiger partial charge in [-0.05, 0) is 18.1 Å². The lowest BCUT2D eigenvalue weighted by Gasteiger charge is -2.12. The minimum atomic E-state index is 0.654. The summed E-state index contributed by atoms with van der Waals surface area (Å²) in [4.78, 5) is 4.34. The fourth-order valence-corrected chi connectivity index (χ4v) is 2.51. The third-order valence-corrected chi connectivity index (χ3v) is 3.68. The molecule has 3 rings (SSSR count). The van der Waals surface area contributed by atoms with Crippen LogP contribution < -0.4 is 11.1 Å². The molecule has 1 aromatic heterocycles. The Labute approximate surface area is 136 Å². The van der Waals surface area contributed by atoms with Gasteiger partial charge in [-0.3, -0.25) is 4.98 Å². The molecule has 0 aliphatic rings. The number of pyridine rings is 1. The van der Waals surface area contributed by atoms with Gasteiger partial charge in [-0.2, -0.15) is 0 Å². The molecule has 3 aromatic rings. The molecule has 0 unspecified atom stereocenters. The van der Waals surface area contributed by atoms with Crippen molar-refractivity contribution in [1.82, 2.24) is 4.98 Å². The van der Waals surface area contributed by atoms with Gasteiger partial charge in [0.05, 0.1) is 29.7 Å². The Balaban J connectivity index is 1.48. The molecule has 4 nitrogen and oxygen atoms in total. The van der Waals surface area contributed by atoms with Gasteiger partial charge >= 0.3 is 0 Å². The van der Waals surface area contributed by atoms with Gasteiger partial charge in [0.2, 0.25) is 0 Å². The average Bonchev–Trinajstić information content (AvgIpc) is 2.60. The normalized spacial score (nSPS) is 10.8. The Hall–Kier alpha value is -2.59. The molecule has 118 valence electrons. The largest absolute Gasteiger partial charge is 0.396 e. The monoisotopic (exact) mass is 307 g/mol. The number of nitrogens with zero attached hydrogens (tertiary/aromatic N) is 1. The van der Waals surface area contributed by atoms with Crippen molar-refractivity contribution < 1.29 is 4.74 Å². The maximum atomic E-state index is 6.05. The molecule has 0 atom stereocenters. The first-order chi connectivity index (χ1) is 11.3. The molecule has 0 fully saturated rings.